The molecule has 8 heteroatoms. The fourth-order valence-electron chi connectivity index (χ4n) is 2.09. The van der Waals surface area contributed by atoms with Gasteiger partial charge in [-0.3, -0.25) is 19.3 Å². The normalized spacial score (nSPS) is 18.1. The lowest BCUT2D eigenvalue weighted by Crippen LogP contribution is -2.32. The van der Waals surface area contributed by atoms with Crippen molar-refractivity contribution >= 4 is 36.2 Å². The molecule has 0 saturated carbocycles. The topological polar surface area (TPSA) is 99.1 Å². The Kier molecular flexibility index (Phi) is 7.99. The number of imide groups is 1. The smallest absolute Gasteiger partial charge is 0.242 e. The molecule has 0 aromatic rings. The van der Waals surface area contributed by atoms with Gasteiger partial charge in [0.05, 0.1) is 11.9 Å². The highest BCUT2D eigenvalue weighted by Gasteiger charge is 2.37. The molecule has 21 heavy (non-hydrogen) atoms. The number of nitrogens with zero attached hydrogens (tertiary/aromatic N) is 2. The van der Waals surface area contributed by atoms with E-state index in [9.17, 15) is 14.4 Å². The van der Waals surface area contributed by atoms with Crippen molar-refractivity contribution in [3.8, 4) is 0 Å². The largest absolute Gasteiger partial charge is 0.396 e. The third kappa shape index (κ3) is 5.84. The Morgan fingerprint density at radius 3 is 2.86 bits per heavy atom. The number of amides is 3. The molecule has 0 aromatic carbocycles. The second-order valence-electron chi connectivity index (χ2n) is 4.67. The first-order chi connectivity index (χ1) is 10.1. The number of carbonyl (C=O) groups excluding carboxylic acids is 3. The number of hydrogen-bond donors (Lipinski definition) is 2. The summed E-state index contributed by atoms with van der Waals surface area (Å²) in [7, 11) is 0. The van der Waals surface area contributed by atoms with E-state index in [1.54, 1.807) is 0 Å². The van der Waals surface area contributed by atoms with Gasteiger partial charge in [-0.2, -0.15) is 5.10 Å². The van der Waals surface area contributed by atoms with E-state index in [0.717, 1.165) is 6.42 Å². The van der Waals surface area contributed by atoms with Crippen molar-refractivity contribution in [1.29, 1.82) is 0 Å². The van der Waals surface area contributed by atoms with Crippen LogP contribution in [-0.2, 0) is 14.4 Å². The van der Waals surface area contributed by atoms with Gasteiger partial charge in [0.1, 0.15) is 0 Å². The van der Waals surface area contributed by atoms with Crippen molar-refractivity contribution in [2.45, 2.75) is 37.4 Å². The second kappa shape index (κ2) is 9.51. The average Bonchev–Trinajstić information content (AvgIpc) is 2.72. The van der Waals surface area contributed by atoms with Gasteiger partial charge in [0.15, 0.2) is 0 Å². The quantitative estimate of drug-likeness (QED) is 0.258. The first kappa shape index (κ1) is 17.6. The Balaban J connectivity index is 2.22. The monoisotopic (exact) mass is 315 g/mol. The summed E-state index contributed by atoms with van der Waals surface area (Å²) < 4.78 is 0. The Labute approximate surface area is 128 Å². The van der Waals surface area contributed by atoms with Crippen LogP contribution < -0.4 is 5.43 Å². The maximum atomic E-state index is 12.0. The van der Waals surface area contributed by atoms with Gasteiger partial charge < -0.3 is 5.11 Å². The molecule has 1 saturated heterocycles. The summed E-state index contributed by atoms with van der Waals surface area (Å²) >= 11 is 1.32. The van der Waals surface area contributed by atoms with E-state index in [0.29, 0.717) is 31.6 Å². The summed E-state index contributed by atoms with van der Waals surface area (Å²) in [6, 6.07) is 0. The molecule has 0 spiro atoms. The van der Waals surface area contributed by atoms with Crippen molar-refractivity contribution < 1.29 is 19.5 Å². The van der Waals surface area contributed by atoms with E-state index in [2.05, 4.69) is 17.2 Å². The SMILES string of the molecule is C=NNC(=O)CCCCCN1C(=O)CC(SCCO)C1=O. The first-order valence-corrected chi connectivity index (χ1v) is 7.96. The lowest BCUT2D eigenvalue weighted by Gasteiger charge is -2.14. The van der Waals surface area contributed by atoms with Gasteiger partial charge in [-0.05, 0) is 12.8 Å². The highest BCUT2D eigenvalue weighted by Crippen LogP contribution is 2.25. The number of hydrogen-bond acceptors (Lipinski definition) is 6. The molecular formula is C13H21N3O4S. The maximum absolute atomic E-state index is 12.0. The van der Waals surface area contributed by atoms with E-state index >= 15 is 0 Å². The summed E-state index contributed by atoms with van der Waals surface area (Å²) in [6.07, 6.45) is 2.70. The summed E-state index contributed by atoms with van der Waals surface area (Å²) in [6.45, 7) is 3.56. The summed E-state index contributed by atoms with van der Waals surface area (Å²) in [4.78, 5) is 36.2. The fourth-order valence-corrected chi connectivity index (χ4v) is 3.01. The van der Waals surface area contributed by atoms with Crippen molar-refractivity contribution in [3.05, 3.63) is 0 Å². The van der Waals surface area contributed by atoms with Gasteiger partial charge in [0, 0.05) is 31.9 Å². The number of rotatable bonds is 10. The molecule has 118 valence electrons. The van der Waals surface area contributed by atoms with Crippen molar-refractivity contribution in [3.63, 3.8) is 0 Å². The fraction of sp³-hybridized carbons (Fsp3) is 0.692. The van der Waals surface area contributed by atoms with Crippen LogP contribution in [0.5, 0.6) is 0 Å². The lowest BCUT2D eigenvalue weighted by molar-refractivity contribution is -0.138. The van der Waals surface area contributed by atoms with Gasteiger partial charge >= 0.3 is 0 Å². The minimum Gasteiger partial charge on any atom is -0.396 e. The van der Waals surface area contributed by atoms with E-state index < -0.39 is 0 Å². The highest BCUT2D eigenvalue weighted by molar-refractivity contribution is 8.00. The maximum Gasteiger partial charge on any atom is 0.242 e. The molecule has 0 radical (unpaired) electrons. The second-order valence-corrected chi connectivity index (χ2v) is 5.99. The van der Waals surface area contributed by atoms with Gasteiger partial charge in [-0.25, -0.2) is 5.43 Å². The molecule has 1 atom stereocenters. The van der Waals surface area contributed by atoms with E-state index in [1.165, 1.54) is 16.7 Å². The van der Waals surface area contributed by atoms with E-state index in [1.807, 2.05) is 0 Å². The van der Waals surface area contributed by atoms with Gasteiger partial charge in [0.2, 0.25) is 17.7 Å². The summed E-state index contributed by atoms with van der Waals surface area (Å²) in [5.74, 6) is -0.0286. The number of carbonyl (C=O) groups is 3. The summed E-state index contributed by atoms with van der Waals surface area (Å²) in [5, 5.41) is 11.7. The van der Waals surface area contributed by atoms with Crippen LogP contribution in [0.2, 0.25) is 0 Å². The van der Waals surface area contributed by atoms with Crippen LogP contribution in [-0.4, -0.2) is 58.6 Å². The number of likely N-dealkylation sites (tertiary alicyclic amines) is 1. The Hall–Kier alpha value is -1.41. The van der Waals surface area contributed by atoms with Crippen LogP contribution >= 0.6 is 11.8 Å². The van der Waals surface area contributed by atoms with Crippen LogP contribution in [0.3, 0.4) is 0 Å². The van der Waals surface area contributed by atoms with Gasteiger partial charge in [-0.15, -0.1) is 11.8 Å². The van der Waals surface area contributed by atoms with Crippen molar-refractivity contribution in [2.24, 2.45) is 5.10 Å². The molecule has 1 heterocycles. The van der Waals surface area contributed by atoms with Crippen molar-refractivity contribution in [2.75, 3.05) is 18.9 Å². The average molecular weight is 315 g/mol. The van der Waals surface area contributed by atoms with Crippen LogP contribution in [0.15, 0.2) is 5.10 Å². The minimum atomic E-state index is -0.353. The Bertz CT molecular complexity index is 403. The Morgan fingerprint density at radius 1 is 1.43 bits per heavy atom. The zero-order valence-corrected chi connectivity index (χ0v) is 12.7. The van der Waals surface area contributed by atoms with Crippen LogP contribution in [0.4, 0.5) is 0 Å². The van der Waals surface area contributed by atoms with E-state index in [4.69, 9.17) is 5.11 Å². The standard InChI is InChI=1S/C13H21N3O4S/c1-14-15-11(18)5-3-2-4-6-16-12(19)9-10(13(16)20)21-8-7-17/h10,17H,1-9H2,(H,15,18). The zero-order chi connectivity index (χ0) is 15.7. The summed E-state index contributed by atoms with van der Waals surface area (Å²) in [5.41, 5.74) is 2.25. The number of aliphatic hydroxyl groups excluding tert-OH is 1. The number of hydrazone groups is 1. The van der Waals surface area contributed by atoms with Gasteiger partial charge in [0.25, 0.3) is 0 Å². The molecule has 1 fully saturated rings. The zero-order valence-electron chi connectivity index (χ0n) is 11.9. The predicted molar refractivity (Wildman–Crippen MR) is 80.8 cm³/mol. The number of nitrogens with one attached hydrogen (secondary N) is 1. The third-order valence-corrected chi connectivity index (χ3v) is 4.29. The molecular weight excluding hydrogens is 294 g/mol. The van der Waals surface area contributed by atoms with Crippen molar-refractivity contribution in [1.82, 2.24) is 10.3 Å². The predicted octanol–water partition coefficient (Wildman–Crippen LogP) is 0.132. The third-order valence-electron chi connectivity index (χ3n) is 3.10. The van der Waals surface area contributed by atoms with Crippen LogP contribution in [0, 0.1) is 0 Å². The molecule has 0 bridgehead atoms. The Morgan fingerprint density at radius 2 is 2.19 bits per heavy atom. The molecule has 2 N–H and O–H groups in total. The number of unbranched alkanes of at least 4 members (excludes halogenated alkanes) is 2. The highest BCUT2D eigenvalue weighted by atomic mass is 32.2. The number of thioether (sulfide) groups is 1. The molecule has 1 aliphatic heterocycles. The number of aliphatic hydroxyl groups is 1. The molecule has 1 aliphatic rings. The molecule has 7 nitrogen and oxygen atoms in total. The molecule has 0 aliphatic carbocycles. The van der Waals surface area contributed by atoms with Gasteiger partial charge in [-0.1, -0.05) is 6.42 Å². The minimum absolute atomic E-state index is 0.00423. The molecule has 0 aromatic heterocycles. The molecule has 1 unspecified atom stereocenters. The lowest BCUT2D eigenvalue weighted by atomic mass is 10.2. The molecule has 1 rings (SSSR count). The van der Waals surface area contributed by atoms with E-state index in [-0.39, 0.29) is 36.0 Å². The first-order valence-electron chi connectivity index (χ1n) is 6.91. The van der Waals surface area contributed by atoms with Crippen LogP contribution in [0.1, 0.15) is 32.1 Å². The van der Waals surface area contributed by atoms with Crippen LogP contribution in [0.25, 0.3) is 0 Å². The molecule has 3 amide bonds.